The zero-order chi connectivity index (χ0) is 13.2. The lowest BCUT2D eigenvalue weighted by atomic mass is 9.88. The van der Waals surface area contributed by atoms with Gasteiger partial charge in [-0.1, -0.05) is 36.4 Å². The highest BCUT2D eigenvalue weighted by Gasteiger charge is 2.26. The van der Waals surface area contributed by atoms with Crippen molar-refractivity contribution >= 4 is 5.91 Å². The lowest BCUT2D eigenvalue weighted by Gasteiger charge is -2.26. The van der Waals surface area contributed by atoms with E-state index in [1.54, 1.807) is 0 Å². The van der Waals surface area contributed by atoms with Crippen LogP contribution in [-0.4, -0.2) is 18.0 Å². The first kappa shape index (κ1) is 12.4. The van der Waals surface area contributed by atoms with Crippen LogP contribution in [0.15, 0.2) is 36.4 Å². The van der Waals surface area contributed by atoms with Crippen molar-refractivity contribution in [3.05, 3.63) is 47.5 Å². The zero-order valence-corrected chi connectivity index (χ0v) is 11.0. The van der Waals surface area contributed by atoms with E-state index in [2.05, 4.69) is 29.6 Å². The predicted molar refractivity (Wildman–Crippen MR) is 75.6 cm³/mol. The number of carbonyl (C=O) groups is 1. The van der Waals surface area contributed by atoms with Gasteiger partial charge in [0.25, 0.3) is 0 Å². The monoisotopic (exact) mass is 256 g/mol. The minimum Gasteiger partial charge on any atom is -0.353 e. The maximum Gasteiger partial charge on any atom is 0.227 e. The Hall–Kier alpha value is -1.61. The molecule has 100 valence electrons. The Morgan fingerprint density at radius 2 is 2.00 bits per heavy atom. The van der Waals surface area contributed by atoms with E-state index in [0.29, 0.717) is 0 Å². The highest BCUT2D eigenvalue weighted by atomic mass is 16.1. The number of rotatable bonds is 2. The number of nitrogens with one attached hydrogen (secondary N) is 1. The SMILES string of the molecule is NC1C=CC(C(=O)NC2CCc3ccccc3C2)C1. The van der Waals surface area contributed by atoms with Crippen LogP contribution < -0.4 is 11.1 Å². The van der Waals surface area contributed by atoms with Gasteiger partial charge in [-0.2, -0.15) is 0 Å². The molecule has 3 nitrogen and oxygen atoms in total. The summed E-state index contributed by atoms with van der Waals surface area (Å²) in [7, 11) is 0. The van der Waals surface area contributed by atoms with Gasteiger partial charge in [0.2, 0.25) is 5.91 Å². The normalized spacial score (nSPS) is 29.0. The largest absolute Gasteiger partial charge is 0.353 e. The summed E-state index contributed by atoms with van der Waals surface area (Å²) in [6.07, 6.45) is 7.66. The number of carbonyl (C=O) groups excluding carboxylic acids is 1. The molecule has 0 bridgehead atoms. The number of nitrogens with two attached hydrogens (primary N) is 1. The molecule has 2 aliphatic carbocycles. The van der Waals surface area contributed by atoms with E-state index < -0.39 is 0 Å². The molecule has 1 aromatic rings. The number of fused-ring (bicyclic) bond motifs is 1. The van der Waals surface area contributed by atoms with Gasteiger partial charge in [0.15, 0.2) is 0 Å². The van der Waals surface area contributed by atoms with Gasteiger partial charge in [-0.05, 0) is 36.8 Å². The number of benzene rings is 1. The van der Waals surface area contributed by atoms with Crippen LogP contribution in [0.25, 0.3) is 0 Å². The number of hydrogen-bond donors (Lipinski definition) is 2. The molecule has 2 aliphatic rings. The van der Waals surface area contributed by atoms with Crippen LogP contribution in [0.5, 0.6) is 0 Å². The second-order valence-electron chi connectivity index (χ2n) is 5.61. The van der Waals surface area contributed by atoms with Gasteiger partial charge in [0, 0.05) is 12.1 Å². The molecule has 0 radical (unpaired) electrons. The minimum absolute atomic E-state index is 0.0350. The number of hydrogen-bond acceptors (Lipinski definition) is 2. The third-order valence-corrected chi connectivity index (χ3v) is 4.15. The van der Waals surface area contributed by atoms with E-state index in [1.165, 1.54) is 11.1 Å². The van der Waals surface area contributed by atoms with Crippen molar-refractivity contribution in [3.8, 4) is 0 Å². The van der Waals surface area contributed by atoms with E-state index in [0.717, 1.165) is 25.7 Å². The Kier molecular flexibility index (Phi) is 3.38. The van der Waals surface area contributed by atoms with Crippen molar-refractivity contribution in [2.45, 2.75) is 37.8 Å². The summed E-state index contributed by atoms with van der Waals surface area (Å²) < 4.78 is 0. The topological polar surface area (TPSA) is 55.1 Å². The van der Waals surface area contributed by atoms with Gasteiger partial charge in [-0.15, -0.1) is 0 Å². The van der Waals surface area contributed by atoms with Crippen molar-refractivity contribution in [2.75, 3.05) is 0 Å². The van der Waals surface area contributed by atoms with Crippen LogP contribution in [0.2, 0.25) is 0 Å². The molecular weight excluding hydrogens is 236 g/mol. The minimum atomic E-state index is -0.0350. The van der Waals surface area contributed by atoms with Gasteiger partial charge < -0.3 is 11.1 Å². The van der Waals surface area contributed by atoms with E-state index >= 15 is 0 Å². The molecule has 3 rings (SSSR count). The lowest BCUT2D eigenvalue weighted by Crippen LogP contribution is -2.41. The molecule has 1 aromatic carbocycles. The molecule has 0 heterocycles. The highest BCUT2D eigenvalue weighted by Crippen LogP contribution is 2.22. The van der Waals surface area contributed by atoms with Crippen LogP contribution in [-0.2, 0) is 17.6 Å². The van der Waals surface area contributed by atoms with E-state index in [4.69, 9.17) is 5.73 Å². The first-order valence-electron chi connectivity index (χ1n) is 7.03. The van der Waals surface area contributed by atoms with E-state index in [1.807, 2.05) is 12.2 Å². The van der Waals surface area contributed by atoms with Crippen molar-refractivity contribution in [3.63, 3.8) is 0 Å². The molecule has 3 unspecified atom stereocenters. The molecule has 3 atom stereocenters. The van der Waals surface area contributed by atoms with Gasteiger partial charge in [-0.25, -0.2) is 0 Å². The summed E-state index contributed by atoms with van der Waals surface area (Å²) in [6.45, 7) is 0. The molecule has 0 aliphatic heterocycles. The van der Waals surface area contributed by atoms with Gasteiger partial charge in [0.1, 0.15) is 0 Å². The molecular formula is C16H20N2O. The summed E-state index contributed by atoms with van der Waals surface area (Å²) in [5.74, 6) is 0.0979. The maximum atomic E-state index is 12.2. The van der Waals surface area contributed by atoms with E-state index in [9.17, 15) is 4.79 Å². The lowest BCUT2D eigenvalue weighted by molar-refractivity contribution is -0.124. The summed E-state index contributed by atoms with van der Waals surface area (Å²) in [5, 5.41) is 3.18. The fourth-order valence-electron chi connectivity index (χ4n) is 3.05. The molecule has 3 heteroatoms. The summed E-state index contributed by atoms with van der Waals surface area (Å²) in [5.41, 5.74) is 8.59. The summed E-state index contributed by atoms with van der Waals surface area (Å²) in [6, 6.07) is 8.82. The highest BCUT2D eigenvalue weighted by molar-refractivity contribution is 5.81. The van der Waals surface area contributed by atoms with Crippen molar-refractivity contribution in [2.24, 2.45) is 11.7 Å². The molecule has 0 saturated heterocycles. The average Bonchev–Trinajstić information content (AvgIpc) is 2.85. The molecule has 0 aromatic heterocycles. The summed E-state index contributed by atoms with van der Waals surface area (Å²) in [4.78, 5) is 12.2. The standard InChI is InChI=1S/C16H20N2O/c17-14-7-5-13(9-14)16(19)18-15-8-6-11-3-1-2-4-12(11)10-15/h1-5,7,13-15H,6,8-10,17H2,(H,18,19). The van der Waals surface area contributed by atoms with Gasteiger partial charge in [0.05, 0.1) is 5.92 Å². The second-order valence-corrected chi connectivity index (χ2v) is 5.61. The van der Waals surface area contributed by atoms with Crippen LogP contribution in [0, 0.1) is 5.92 Å². The van der Waals surface area contributed by atoms with Gasteiger partial charge >= 0.3 is 0 Å². The number of aryl methyl sites for hydroxylation is 1. The summed E-state index contributed by atoms with van der Waals surface area (Å²) >= 11 is 0. The van der Waals surface area contributed by atoms with Crippen LogP contribution in [0.3, 0.4) is 0 Å². The molecule has 3 N–H and O–H groups in total. The Bertz CT molecular complexity index is 509. The predicted octanol–water partition coefficient (Wildman–Crippen LogP) is 1.56. The Morgan fingerprint density at radius 3 is 2.74 bits per heavy atom. The quantitative estimate of drug-likeness (QED) is 0.789. The Labute approximate surface area is 113 Å². The second kappa shape index (κ2) is 5.17. The Balaban J connectivity index is 1.60. The molecule has 1 amide bonds. The van der Waals surface area contributed by atoms with Crippen LogP contribution in [0.4, 0.5) is 0 Å². The zero-order valence-electron chi connectivity index (χ0n) is 11.0. The average molecular weight is 256 g/mol. The molecule has 0 fully saturated rings. The first-order chi connectivity index (χ1) is 9.22. The number of amides is 1. The molecule has 0 spiro atoms. The third-order valence-electron chi connectivity index (χ3n) is 4.15. The Morgan fingerprint density at radius 1 is 1.21 bits per heavy atom. The van der Waals surface area contributed by atoms with Crippen molar-refractivity contribution in [1.82, 2.24) is 5.32 Å². The van der Waals surface area contributed by atoms with Crippen molar-refractivity contribution < 1.29 is 4.79 Å². The fourth-order valence-corrected chi connectivity index (χ4v) is 3.05. The van der Waals surface area contributed by atoms with E-state index in [-0.39, 0.29) is 23.9 Å². The van der Waals surface area contributed by atoms with Crippen LogP contribution in [0.1, 0.15) is 24.0 Å². The van der Waals surface area contributed by atoms with Crippen molar-refractivity contribution in [1.29, 1.82) is 0 Å². The molecule has 19 heavy (non-hydrogen) atoms. The molecule has 0 saturated carbocycles. The smallest absolute Gasteiger partial charge is 0.227 e. The third kappa shape index (κ3) is 2.71. The fraction of sp³-hybridized carbons (Fsp3) is 0.438. The first-order valence-corrected chi connectivity index (χ1v) is 7.03. The van der Waals surface area contributed by atoms with Crippen LogP contribution >= 0.6 is 0 Å². The maximum absolute atomic E-state index is 12.2. The van der Waals surface area contributed by atoms with Gasteiger partial charge in [-0.3, -0.25) is 4.79 Å².